The molecule has 0 rings (SSSR count). The molecule has 0 spiro atoms. The minimum atomic E-state index is -0.793. The van der Waals surface area contributed by atoms with Gasteiger partial charge in [0.1, 0.15) is 6.04 Å². The summed E-state index contributed by atoms with van der Waals surface area (Å²) in [4.78, 5) is 33.7. The van der Waals surface area contributed by atoms with E-state index in [9.17, 15) is 14.4 Å². The summed E-state index contributed by atoms with van der Waals surface area (Å²) in [7, 11) is 2.50. The fourth-order valence-corrected chi connectivity index (χ4v) is 1.25. The molecule has 0 aromatic carbocycles. The van der Waals surface area contributed by atoms with Gasteiger partial charge in [0, 0.05) is 12.8 Å². The summed E-state index contributed by atoms with van der Waals surface area (Å²) in [6, 6.07) is -0.793. The number of amides is 1. The second kappa shape index (κ2) is 8.55. The molecule has 6 heteroatoms. The molecule has 0 aromatic rings. The van der Waals surface area contributed by atoms with Crippen LogP contribution in [0.5, 0.6) is 0 Å². The maximum Gasteiger partial charge on any atom is 0.328 e. The molecular weight excluding hydrogens is 226 g/mol. The van der Waals surface area contributed by atoms with Crippen LogP contribution in [0.15, 0.2) is 0 Å². The Morgan fingerprint density at radius 3 is 2.24 bits per heavy atom. The SMILES string of the molecule is CCCC(=O)N[C@H](CCC(=O)OC)C(=O)OC. The average Bonchev–Trinajstić information content (AvgIpc) is 2.33. The van der Waals surface area contributed by atoms with Gasteiger partial charge in [0.2, 0.25) is 5.91 Å². The van der Waals surface area contributed by atoms with Crippen LogP contribution in [-0.2, 0) is 23.9 Å². The van der Waals surface area contributed by atoms with Crippen LogP contribution in [0, 0.1) is 0 Å². The average molecular weight is 245 g/mol. The van der Waals surface area contributed by atoms with E-state index in [0.717, 1.165) is 0 Å². The van der Waals surface area contributed by atoms with Gasteiger partial charge in [-0.1, -0.05) is 6.92 Å². The van der Waals surface area contributed by atoms with Gasteiger partial charge >= 0.3 is 11.9 Å². The summed E-state index contributed by atoms with van der Waals surface area (Å²) in [6.07, 6.45) is 1.26. The smallest absolute Gasteiger partial charge is 0.328 e. The summed E-state index contributed by atoms with van der Waals surface area (Å²) in [5.41, 5.74) is 0. The van der Waals surface area contributed by atoms with Crippen LogP contribution in [0.4, 0.5) is 0 Å². The van der Waals surface area contributed by atoms with Crippen LogP contribution in [0.2, 0.25) is 0 Å². The summed E-state index contributed by atoms with van der Waals surface area (Å²) in [5.74, 6) is -1.21. The number of esters is 2. The van der Waals surface area contributed by atoms with E-state index in [1.54, 1.807) is 0 Å². The largest absolute Gasteiger partial charge is 0.469 e. The molecule has 0 heterocycles. The van der Waals surface area contributed by atoms with Gasteiger partial charge in [-0.25, -0.2) is 4.79 Å². The molecule has 1 N–H and O–H groups in total. The summed E-state index contributed by atoms with van der Waals surface area (Å²) >= 11 is 0. The van der Waals surface area contributed by atoms with Gasteiger partial charge in [0.05, 0.1) is 14.2 Å². The highest BCUT2D eigenvalue weighted by molar-refractivity contribution is 5.84. The lowest BCUT2D eigenvalue weighted by atomic mass is 10.1. The van der Waals surface area contributed by atoms with Crippen LogP contribution in [0.3, 0.4) is 0 Å². The Balaban J connectivity index is 4.28. The maximum absolute atomic E-state index is 11.4. The number of carbonyl (C=O) groups is 3. The lowest BCUT2D eigenvalue weighted by Gasteiger charge is -2.15. The van der Waals surface area contributed by atoms with Crippen molar-refractivity contribution in [3.8, 4) is 0 Å². The standard InChI is InChI=1S/C11H19NO5/c1-4-5-9(13)12-8(11(15)17-3)6-7-10(14)16-2/h8H,4-7H2,1-3H3,(H,12,13)/t8-/m1/s1. The summed E-state index contributed by atoms with van der Waals surface area (Å²) < 4.78 is 9.01. The number of methoxy groups -OCH3 is 2. The second-order valence-corrected chi connectivity index (χ2v) is 3.51. The molecule has 0 saturated heterocycles. The minimum Gasteiger partial charge on any atom is -0.469 e. The molecule has 0 aliphatic heterocycles. The van der Waals surface area contributed by atoms with Gasteiger partial charge in [0.15, 0.2) is 0 Å². The van der Waals surface area contributed by atoms with Crippen molar-refractivity contribution in [2.75, 3.05) is 14.2 Å². The van der Waals surface area contributed by atoms with Crippen LogP contribution < -0.4 is 5.32 Å². The molecular formula is C11H19NO5. The lowest BCUT2D eigenvalue weighted by molar-refractivity contribution is -0.146. The Morgan fingerprint density at radius 1 is 1.12 bits per heavy atom. The first-order valence-corrected chi connectivity index (χ1v) is 5.49. The monoisotopic (exact) mass is 245 g/mol. The third kappa shape index (κ3) is 6.55. The van der Waals surface area contributed by atoms with E-state index in [-0.39, 0.29) is 18.7 Å². The Kier molecular flexibility index (Phi) is 7.75. The Morgan fingerprint density at radius 2 is 1.76 bits per heavy atom. The first-order chi connectivity index (χ1) is 8.04. The zero-order valence-corrected chi connectivity index (χ0v) is 10.4. The highest BCUT2D eigenvalue weighted by Gasteiger charge is 2.22. The molecule has 0 unspecified atom stereocenters. The number of hydrogen-bond donors (Lipinski definition) is 1. The number of carbonyl (C=O) groups excluding carboxylic acids is 3. The second-order valence-electron chi connectivity index (χ2n) is 3.51. The first kappa shape index (κ1) is 15.4. The molecule has 0 radical (unpaired) electrons. The van der Waals surface area contributed by atoms with E-state index in [1.807, 2.05) is 6.92 Å². The van der Waals surface area contributed by atoms with E-state index in [0.29, 0.717) is 12.8 Å². The van der Waals surface area contributed by atoms with Crippen molar-refractivity contribution < 1.29 is 23.9 Å². The first-order valence-electron chi connectivity index (χ1n) is 5.49. The zero-order chi connectivity index (χ0) is 13.3. The zero-order valence-electron chi connectivity index (χ0n) is 10.4. The van der Waals surface area contributed by atoms with E-state index < -0.39 is 18.0 Å². The molecule has 0 fully saturated rings. The van der Waals surface area contributed by atoms with Crippen LogP contribution >= 0.6 is 0 Å². The van der Waals surface area contributed by atoms with Crippen LogP contribution in [-0.4, -0.2) is 38.1 Å². The predicted octanol–water partition coefficient (Wildman–Crippen LogP) is 0.397. The van der Waals surface area contributed by atoms with Crippen molar-refractivity contribution in [3.05, 3.63) is 0 Å². The topological polar surface area (TPSA) is 81.7 Å². The molecule has 0 bridgehead atoms. The van der Waals surface area contributed by atoms with Gasteiger partial charge in [-0.3, -0.25) is 9.59 Å². The third-order valence-corrected chi connectivity index (χ3v) is 2.16. The van der Waals surface area contributed by atoms with Crippen molar-refractivity contribution in [2.45, 2.75) is 38.6 Å². The van der Waals surface area contributed by atoms with Crippen LogP contribution in [0.1, 0.15) is 32.6 Å². The number of nitrogens with one attached hydrogen (secondary N) is 1. The van der Waals surface area contributed by atoms with Crippen molar-refractivity contribution in [3.63, 3.8) is 0 Å². The molecule has 17 heavy (non-hydrogen) atoms. The van der Waals surface area contributed by atoms with Crippen molar-refractivity contribution in [1.82, 2.24) is 5.32 Å². The highest BCUT2D eigenvalue weighted by atomic mass is 16.5. The van der Waals surface area contributed by atoms with Crippen molar-refractivity contribution in [1.29, 1.82) is 0 Å². The molecule has 0 aromatic heterocycles. The van der Waals surface area contributed by atoms with Crippen molar-refractivity contribution >= 4 is 17.8 Å². The quantitative estimate of drug-likeness (QED) is 0.656. The molecule has 6 nitrogen and oxygen atoms in total. The normalized spacial score (nSPS) is 11.5. The van der Waals surface area contributed by atoms with Gasteiger partial charge < -0.3 is 14.8 Å². The molecule has 0 saturated carbocycles. The lowest BCUT2D eigenvalue weighted by Crippen LogP contribution is -2.41. The van der Waals surface area contributed by atoms with Gasteiger partial charge in [-0.05, 0) is 12.8 Å². The van der Waals surface area contributed by atoms with E-state index >= 15 is 0 Å². The number of rotatable bonds is 7. The van der Waals surface area contributed by atoms with E-state index in [4.69, 9.17) is 0 Å². The van der Waals surface area contributed by atoms with Crippen molar-refractivity contribution in [2.24, 2.45) is 0 Å². The predicted molar refractivity (Wildman–Crippen MR) is 60.1 cm³/mol. The summed E-state index contributed by atoms with van der Waals surface area (Å²) in [5, 5.41) is 2.53. The third-order valence-electron chi connectivity index (χ3n) is 2.16. The van der Waals surface area contributed by atoms with E-state index in [1.165, 1.54) is 14.2 Å². The minimum absolute atomic E-state index is 0.0582. The fraction of sp³-hybridized carbons (Fsp3) is 0.727. The van der Waals surface area contributed by atoms with Gasteiger partial charge in [0.25, 0.3) is 0 Å². The van der Waals surface area contributed by atoms with E-state index in [2.05, 4.69) is 14.8 Å². The summed E-state index contributed by atoms with van der Waals surface area (Å²) in [6.45, 7) is 1.86. The highest BCUT2D eigenvalue weighted by Crippen LogP contribution is 2.02. The fourth-order valence-electron chi connectivity index (χ4n) is 1.25. The molecule has 0 aliphatic carbocycles. The Bertz CT molecular complexity index is 277. The molecule has 0 aliphatic rings. The maximum atomic E-state index is 11.4. The molecule has 1 amide bonds. The van der Waals surface area contributed by atoms with Crippen LogP contribution in [0.25, 0.3) is 0 Å². The Labute approximate surface area is 101 Å². The molecule has 98 valence electrons. The Hall–Kier alpha value is -1.59. The van der Waals surface area contributed by atoms with Gasteiger partial charge in [-0.2, -0.15) is 0 Å². The number of hydrogen-bond acceptors (Lipinski definition) is 5. The molecule has 1 atom stereocenters. The van der Waals surface area contributed by atoms with Gasteiger partial charge in [-0.15, -0.1) is 0 Å². The number of ether oxygens (including phenoxy) is 2.